The van der Waals surface area contributed by atoms with Crippen molar-refractivity contribution in [1.29, 1.82) is 0 Å². The summed E-state index contributed by atoms with van der Waals surface area (Å²) in [6, 6.07) is -0.515. The van der Waals surface area contributed by atoms with Crippen LogP contribution in [0.4, 0.5) is 0 Å². The van der Waals surface area contributed by atoms with E-state index in [0.29, 0.717) is 0 Å². The van der Waals surface area contributed by atoms with Crippen LogP contribution in [0, 0.1) is 0 Å². The van der Waals surface area contributed by atoms with Gasteiger partial charge in [-0.25, -0.2) is 0 Å². The van der Waals surface area contributed by atoms with Crippen LogP contribution < -0.4 is 5.32 Å². The molecule has 0 aliphatic carbocycles. The van der Waals surface area contributed by atoms with Crippen molar-refractivity contribution in [2.75, 3.05) is 13.7 Å². The van der Waals surface area contributed by atoms with Crippen molar-refractivity contribution < 1.29 is 20.1 Å². The van der Waals surface area contributed by atoms with Crippen LogP contribution in [0.15, 0.2) is 0 Å². The Morgan fingerprint density at radius 2 is 2.00 bits per heavy atom. The van der Waals surface area contributed by atoms with Crippen molar-refractivity contribution in [3.8, 4) is 0 Å². The van der Waals surface area contributed by atoms with Gasteiger partial charge in [0.15, 0.2) is 6.29 Å². The SMILES string of the molecule is CN[C@@H]1[C@@H](O)[C@H](O)OC[C@H]1O. The van der Waals surface area contributed by atoms with Crippen LogP contribution in [0.2, 0.25) is 0 Å². The molecule has 1 saturated heterocycles. The van der Waals surface area contributed by atoms with Crippen molar-refractivity contribution in [2.24, 2.45) is 0 Å². The molecule has 0 unspecified atom stereocenters. The topological polar surface area (TPSA) is 82.0 Å². The lowest BCUT2D eigenvalue weighted by Gasteiger charge is -2.35. The molecule has 0 spiro atoms. The Labute approximate surface area is 64.6 Å². The Balaban J connectivity index is 2.55. The van der Waals surface area contributed by atoms with Gasteiger partial charge in [-0.15, -0.1) is 0 Å². The van der Waals surface area contributed by atoms with Crippen LogP contribution >= 0.6 is 0 Å². The lowest BCUT2D eigenvalue weighted by atomic mass is 10.0. The second-order valence-electron chi connectivity index (χ2n) is 2.60. The zero-order chi connectivity index (χ0) is 8.43. The maximum atomic E-state index is 9.21. The molecule has 4 atom stereocenters. The number of ether oxygens (including phenoxy) is 1. The molecular formula is C6H13NO4. The quantitative estimate of drug-likeness (QED) is 0.348. The molecule has 0 aromatic carbocycles. The predicted octanol–water partition coefficient (Wildman–Crippen LogP) is -2.36. The number of aliphatic hydroxyl groups excluding tert-OH is 3. The summed E-state index contributed by atoms with van der Waals surface area (Å²) in [5, 5.41) is 30.1. The minimum absolute atomic E-state index is 0.0454. The highest BCUT2D eigenvalue weighted by molar-refractivity contribution is 4.86. The molecular weight excluding hydrogens is 150 g/mol. The standard InChI is InChI=1S/C6H13NO4/c1-7-4-3(8)2-11-6(10)5(4)9/h3-10H,2H2,1H3/t3-,4+,5-,6-/m1/s1. The molecule has 1 aliphatic heterocycles. The van der Waals surface area contributed by atoms with Crippen LogP contribution in [0.3, 0.4) is 0 Å². The fourth-order valence-corrected chi connectivity index (χ4v) is 1.17. The second-order valence-corrected chi connectivity index (χ2v) is 2.60. The summed E-state index contributed by atoms with van der Waals surface area (Å²) in [5.74, 6) is 0. The van der Waals surface area contributed by atoms with Gasteiger partial charge in [-0.1, -0.05) is 0 Å². The molecule has 1 fully saturated rings. The highest BCUT2D eigenvalue weighted by atomic mass is 16.6. The number of aliphatic hydroxyl groups is 3. The van der Waals surface area contributed by atoms with Crippen molar-refractivity contribution in [1.82, 2.24) is 5.32 Å². The predicted molar refractivity (Wildman–Crippen MR) is 36.8 cm³/mol. The maximum Gasteiger partial charge on any atom is 0.182 e. The van der Waals surface area contributed by atoms with Crippen molar-refractivity contribution >= 4 is 0 Å². The van der Waals surface area contributed by atoms with E-state index >= 15 is 0 Å². The van der Waals surface area contributed by atoms with Crippen LogP contribution in [-0.2, 0) is 4.74 Å². The van der Waals surface area contributed by atoms with Crippen LogP contribution in [0.25, 0.3) is 0 Å². The first-order valence-corrected chi connectivity index (χ1v) is 3.50. The van der Waals surface area contributed by atoms with E-state index in [4.69, 9.17) is 5.11 Å². The molecule has 0 amide bonds. The third kappa shape index (κ3) is 1.69. The van der Waals surface area contributed by atoms with E-state index in [1.165, 1.54) is 0 Å². The summed E-state index contributed by atoms with van der Waals surface area (Å²) < 4.78 is 4.65. The van der Waals surface area contributed by atoms with Gasteiger partial charge in [0.2, 0.25) is 0 Å². The largest absolute Gasteiger partial charge is 0.389 e. The van der Waals surface area contributed by atoms with Crippen LogP contribution in [-0.4, -0.2) is 53.5 Å². The highest BCUT2D eigenvalue weighted by Crippen LogP contribution is 2.12. The monoisotopic (exact) mass is 163 g/mol. The molecule has 5 heteroatoms. The number of rotatable bonds is 1. The molecule has 0 aromatic heterocycles. The molecule has 0 bridgehead atoms. The molecule has 1 aliphatic rings. The summed E-state index contributed by atoms with van der Waals surface area (Å²) in [4.78, 5) is 0. The minimum Gasteiger partial charge on any atom is -0.389 e. The van der Waals surface area contributed by atoms with Gasteiger partial charge < -0.3 is 25.4 Å². The molecule has 11 heavy (non-hydrogen) atoms. The molecule has 5 nitrogen and oxygen atoms in total. The Morgan fingerprint density at radius 1 is 1.36 bits per heavy atom. The van der Waals surface area contributed by atoms with Gasteiger partial charge in [0.05, 0.1) is 18.8 Å². The van der Waals surface area contributed by atoms with Crippen LogP contribution in [0.1, 0.15) is 0 Å². The van der Waals surface area contributed by atoms with E-state index in [1.54, 1.807) is 7.05 Å². The van der Waals surface area contributed by atoms with E-state index in [-0.39, 0.29) is 6.61 Å². The molecule has 1 rings (SSSR count). The van der Waals surface area contributed by atoms with Gasteiger partial charge in [-0.2, -0.15) is 0 Å². The molecule has 0 radical (unpaired) electrons. The third-order valence-electron chi connectivity index (χ3n) is 1.85. The van der Waals surface area contributed by atoms with Crippen molar-refractivity contribution in [2.45, 2.75) is 24.5 Å². The summed E-state index contributed by atoms with van der Waals surface area (Å²) in [6.07, 6.45) is -3.03. The number of hydrogen-bond acceptors (Lipinski definition) is 5. The van der Waals surface area contributed by atoms with Gasteiger partial charge in [-0.3, -0.25) is 0 Å². The maximum absolute atomic E-state index is 9.21. The van der Waals surface area contributed by atoms with Crippen molar-refractivity contribution in [3.63, 3.8) is 0 Å². The van der Waals surface area contributed by atoms with Gasteiger partial charge in [0.25, 0.3) is 0 Å². The Morgan fingerprint density at radius 3 is 2.45 bits per heavy atom. The molecule has 1 heterocycles. The fraction of sp³-hybridized carbons (Fsp3) is 1.00. The summed E-state index contributed by atoms with van der Waals surface area (Å²) in [7, 11) is 1.61. The molecule has 0 saturated carbocycles. The molecule has 0 aromatic rings. The van der Waals surface area contributed by atoms with Crippen molar-refractivity contribution in [3.05, 3.63) is 0 Å². The average molecular weight is 163 g/mol. The summed E-state index contributed by atoms with van der Waals surface area (Å²) >= 11 is 0. The zero-order valence-corrected chi connectivity index (χ0v) is 6.27. The smallest absolute Gasteiger partial charge is 0.182 e. The summed E-state index contributed by atoms with van der Waals surface area (Å²) in [6.45, 7) is 0.0454. The Kier molecular flexibility index (Phi) is 2.80. The number of nitrogens with one attached hydrogen (secondary N) is 1. The second kappa shape index (κ2) is 3.46. The average Bonchev–Trinajstić information content (AvgIpc) is 1.99. The first-order valence-electron chi connectivity index (χ1n) is 3.50. The lowest BCUT2D eigenvalue weighted by Crippen LogP contribution is -2.58. The third-order valence-corrected chi connectivity index (χ3v) is 1.85. The minimum atomic E-state index is -1.20. The van der Waals surface area contributed by atoms with E-state index in [2.05, 4.69) is 10.1 Å². The lowest BCUT2D eigenvalue weighted by molar-refractivity contribution is -0.223. The van der Waals surface area contributed by atoms with E-state index in [9.17, 15) is 10.2 Å². The first-order chi connectivity index (χ1) is 5.16. The van der Waals surface area contributed by atoms with Gasteiger partial charge in [0, 0.05) is 0 Å². The fourth-order valence-electron chi connectivity index (χ4n) is 1.17. The zero-order valence-electron chi connectivity index (χ0n) is 6.27. The molecule has 66 valence electrons. The van der Waals surface area contributed by atoms with E-state index < -0.39 is 24.5 Å². The normalized spacial score (nSPS) is 45.8. The van der Waals surface area contributed by atoms with Crippen LogP contribution in [0.5, 0.6) is 0 Å². The molecule has 4 N–H and O–H groups in total. The highest BCUT2D eigenvalue weighted by Gasteiger charge is 2.36. The Bertz CT molecular complexity index is 132. The van der Waals surface area contributed by atoms with Gasteiger partial charge >= 0.3 is 0 Å². The van der Waals surface area contributed by atoms with E-state index in [0.717, 1.165) is 0 Å². The first kappa shape index (κ1) is 8.89. The van der Waals surface area contributed by atoms with Gasteiger partial charge in [0.1, 0.15) is 6.10 Å². The Hall–Kier alpha value is -0.200. The van der Waals surface area contributed by atoms with E-state index in [1.807, 2.05) is 0 Å². The number of hydrogen-bond donors (Lipinski definition) is 4. The number of likely N-dealkylation sites (N-methyl/N-ethyl adjacent to an activating group) is 1. The van der Waals surface area contributed by atoms with Gasteiger partial charge in [-0.05, 0) is 7.05 Å². The summed E-state index contributed by atoms with van der Waals surface area (Å²) in [5.41, 5.74) is 0.